The zero-order chi connectivity index (χ0) is 11.5. The van der Waals surface area contributed by atoms with Crippen LogP contribution in [0, 0.1) is 0 Å². The summed E-state index contributed by atoms with van der Waals surface area (Å²) in [5.74, 6) is 1.59. The lowest BCUT2D eigenvalue weighted by molar-refractivity contribution is 0.203. The zero-order valence-electron chi connectivity index (χ0n) is 9.26. The van der Waals surface area contributed by atoms with Crippen LogP contribution < -0.4 is 5.32 Å². The van der Waals surface area contributed by atoms with Crippen LogP contribution in [-0.2, 0) is 6.54 Å². The standard InChI is InChI=1S/C9H13N7O/c1-3-16(4-2-10-1)5-7-13-9(15-17-7)8-11-6-12-14-8/h6,10H,1-5H2,(H,11,12,14). The second kappa shape index (κ2) is 4.60. The van der Waals surface area contributed by atoms with Gasteiger partial charge in [0.2, 0.25) is 11.7 Å². The molecule has 17 heavy (non-hydrogen) atoms. The first kappa shape index (κ1) is 10.4. The van der Waals surface area contributed by atoms with Crippen LogP contribution >= 0.6 is 0 Å². The highest BCUT2D eigenvalue weighted by atomic mass is 16.5. The first-order valence-corrected chi connectivity index (χ1v) is 5.53. The smallest absolute Gasteiger partial charge is 0.241 e. The lowest BCUT2D eigenvalue weighted by Gasteiger charge is -2.25. The molecule has 8 nitrogen and oxygen atoms in total. The van der Waals surface area contributed by atoms with E-state index >= 15 is 0 Å². The molecule has 90 valence electrons. The lowest BCUT2D eigenvalue weighted by Crippen LogP contribution is -2.42. The molecule has 0 aliphatic carbocycles. The molecule has 0 spiro atoms. The first-order chi connectivity index (χ1) is 8.42. The van der Waals surface area contributed by atoms with Crippen molar-refractivity contribution in [3.8, 4) is 11.6 Å². The number of nitrogens with zero attached hydrogens (tertiary/aromatic N) is 5. The van der Waals surface area contributed by atoms with E-state index in [4.69, 9.17) is 4.52 Å². The Labute approximate surface area is 97.4 Å². The van der Waals surface area contributed by atoms with Gasteiger partial charge in [-0.2, -0.15) is 10.1 Å². The molecule has 3 rings (SSSR count). The Balaban J connectivity index is 1.68. The van der Waals surface area contributed by atoms with Crippen LogP contribution in [0.2, 0.25) is 0 Å². The van der Waals surface area contributed by atoms with E-state index in [1.54, 1.807) is 0 Å². The Morgan fingerprint density at radius 2 is 2.24 bits per heavy atom. The van der Waals surface area contributed by atoms with Gasteiger partial charge in [-0.05, 0) is 0 Å². The van der Waals surface area contributed by atoms with E-state index in [0.717, 1.165) is 26.2 Å². The molecule has 0 radical (unpaired) electrons. The predicted molar refractivity (Wildman–Crippen MR) is 57.8 cm³/mol. The second-order valence-corrected chi connectivity index (χ2v) is 3.87. The number of rotatable bonds is 3. The summed E-state index contributed by atoms with van der Waals surface area (Å²) in [5, 5.41) is 13.6. The molecule has 0 aromatic carbocycles. The molecule has 0 amide bonds. The molecular formula is C9H13N7O. The Bertz CT molecular complexity index is 459. The minimum atomic E-state index is 0.452. The Kier molecular flexibility index (Phi) is 2.80. The topological polar surface area (TPSA) is 95.8 Å². The van der Waals surface area contributed by atoms with Crippen molar-refractivity contribution in [1.82, 2.24) is 35.5 Å². The van der Waals surface area contributed by atoms with Gasteiger partial charge in [0.1, 0.15) is 6.33 Å². The summed E-state index contributed by atoms with van der Waals surface area (Å²) in [4.78, 5) is 10.5. The van der Waals surface area contributed by atoms with Crippen LogP contribution in [0.3, 0.4) is 0 Å². The number of H-pyrrole nitrogens is 1. The number of aromatic amines is 1. The van der Waals surface area contributed by atoms with Crippen molar-refractivity contribution in [2.24, 2.45) is 0 Å². The van der Waals surface area contributed by atoms with Gasteiger partial charge in [-0.3, -0.25) is 10.00 Å². The summed E-state index contributed by atoms with van der Waals surface area (Å²) in [7, 11) is 0. The molecule has 0 saturated carbocycles. The van der Waals surface area contributed by atoms with Crippen LogP contribution in [-0.4, -0.2) is 56.4 Å². The highest BCUT2D eigenvalue weighted by Gasteiger charge is 2.15. The highest BCUT2D eigenvalue weighted by molar-refractivity contribution is 5.39. The third kappa shape index (κ3) is 2.32. The first-order valence-electron chi connectivity index (χ1n) is 5.53. The molecule has 0 bridgehead atoms. The van der Waals surface area contributed by atoms with Crippen molar-refractivity contribution in [3.05, 3.63) is 12.2 Å². The quantitative estimate of drug-likeness (QED) is 0.723. The summed E-state index contributed by atoms with van der Waals surface area (Å²) >= 11 is 0. The molecule has 0 unspecified atom stereocenters. The summed E-state index contributed by atoms with van der Waals surface area (Å²) in [6.07, 6.45) is 1.42. The van der Waals surface area contributed by atoms with E-state index in [0.29, 0.717) is 24.1 Å². The third-order valence-corrected chi connectivity index (χ3v) is 2.66. The molecule has 8 heteroatoms. The van der Waals surface area contributed by atoms with Gasteiger partial charge in [0.05, 0.1) is 6.54 Å². The van der Waals surface area contributed by atoms with E-state index in [1.807, 2.05) is 0 Å². The van der Waals surface area contributed by atoms with E-state index in [-0.39, 0.29) is 0 Å². The molecule has 0 atom stereocenters. The third-order valence-electron chi connectivity index (χ3n) is 2.66. The van der Waals surface area contributed by atoms with Crippen molar-refractivity contribution >= 4 is 0 Å². The van der Waals surface area contributed by atoms with Gasteiger partial charge in [-0.15, -0.1) is 0 Å². The van der Waals surface area contributed by atoms with Gasteiger partial charge in [-0.1, -0.05) is 5.16 Å². The molecule has 1 aliphatic rings. The average molecular weight is 235 g/mol. The normalized spacial score (nSPS) is 17.4. The number of aromatic nitrogens is 5. The molecule has 1 fully saturated rings. The Hall–Kier alpha value is -1.80. The van der Waals surface area contributed by atoms with Crippen LogP contribution in [0.5, 0.6) is 0 Å². The molecule has 1 saturated heterocycles. The molecule has 2 N–H and O–H groups in total. The van der Waals surface area contributed by atoms with E-state index in [9.17, 15) is 0 Å². The predicted octanol–water partition coefficient (Wildman–Crippen LogP) is -0.740. The van der Waals surface area contributed by atoms with Crippen molar-refractivity contribution in [1.29, 1.82) is 0 Å². The second-order valence-electron chi connectivity index (χ2n) is 3.87. The minimum Gasteiger partial charge on any atom is -0.337 e. The highest BCUT2D eigenvalue weighted by Crippen LogP contribution is 2.10. The molecule has 2 aromatic rings. The monoisotopic (exact) mass is 235 g/mol. The van der Waals surface area contributed by atoms with Crippen molar-refractivity contribution in [3.63, 3.8) is 0 Å². The maximum Gasteiger partial charge on any atom is 0.241 e. The van der Waals surface area contributed by atoms with Gasteiger partial charge < -0.3 is 9.84 Å². The maximum atomic E-state index is 5.18. The van der Waals surface area contributed by atoms with Crippen LogP contribution in [0.15, 0.2) is 10.9 Å². The number of piperazine rings is 1. The summed E-state index contributed by atoms with van der Waals surface area (Å²) < 4.78 is 5.18. The molecule has 1 aliphatic heterocycles. The van der Waals surface area contributed by atoms with Crippen molar-refractivity contribution < 1.29 is 4.52 Å². The number of hydrogen-bond donors (Lipinski definition) is 2. The molecular weight excluding hydrogens is 222 g/mol. The molecule has 2 aromatic heterocycles. The zero-order valence-corrected chi connectivity index (χ0v) is 9.26. The van der Waals surface area contributed by atoms with E-state index in [2.05, 4.69) is 35.5 Å². The van der Waals surface area contributed by atoms with E-state index < -0.39 is 0 Å². The fraction of sp³-hybridized carbons (Fsp3) is 0.556. The Morgan fingerprint density at radius 1 is 1.35 bits per heavy atom. The summed E-state index contributed by atoms with van der Waals surface area (Å²) in [6.45, 7) is 4.69. The van der Waals surface area contributed by atoms with E-state index in [1.165, 1.54) is 6.33 Å². The lowest BCUT2D eigenvalue weighted by atomic mass is 10.3. The number of hydrogen-bond acceptors (Lipinski definition) is 7. The SMILES string of the molecule is c1n[nH]c(-c2noc(CN3CCNCC3)n2)n1. The van der Waals surface area contributed by atoms with Gasteiger partial charge in [0.25, 0.3) is 0 Å². The van der Waals surface area contributed by atoms with Gasteiger partial charge in [0, 0.05) is 26.2 Å². The van der Waals surface area contributed by atoms with Crippen LogP contribution in [0.4, 0.5) is 0 Å². The van der Waals surface area contributed by atoms with Gasteiger partial charge in [0.15, 0.2) is 5.82 Å². The summed E-state index contributed by atoms with van der Waals surface area (Å²) in [6, 6.07) is 0. The van der Waals surface area contributed by atoms with Gasteiger partial charge in [-0.25, -0.2) is 4.98 Å². The summed E-state index contributed by atoms with van der Waals surface area (Å²) in [5.41, 5.74) is 0. The fourth-order valence-electron chi connectivity index (χ4n) is 1.79. The largest absolute Gasteiger partial charge is 0.337 e. The maximum absolute atomic E-state index is 5.18. The van der Waals surface area contributed by atoms with Crippen LogP contribution in [0.1, 0.15) is 5.89 Å². The Morgan fingerprint density at radius 3 is 3.00 bits per heavy atom. The van der Waals surface area contributed by atoms with Crippen LogP contribution in [0.25, 0.3) is 11.6 Å². The number of nitrogens with one attached hydrogen (secondary N) is 2. The minimum absolute atomic E-state index is 0.452. The average Bonchev–Trinajstić information content (AvgIpc) is 3.00. The van der Waals surface area contributed by atoms with Gasteiger partial charge >= 0.3 is 0 Å². The van der Waals surface area contributed by atoms with Crippen molar-refractivity contribution in [2.45, 2.75) is 6.54 Å². The molecule has 3 heterocycles. The fourth-order valence-corrected chi connectivity index (χ4v) is 1.79. The van der Waals surface area contributed by atoms with Crippen molar-refractivity contribution in [2.75, 3.05) is 26.2 Å².